The van der Waals surface area contributed by atoms with E-state index in [0.717, 1.165) is 32.4 Å². The van der Waals surface area contributed by atoms with E-state index in [1.165, 1.54) is 6.26 Å². The average molecular weight is 461 g/mol. The summed E-state index contributed by atoms with van der Waals surface area (Å²) in [7, 11) is -3.10. The zero-order valence-electron chi connectivity index (χ0n) is 11.7. The molecule has 0 aromatic carbocycles. The highest BCUT2D eigenvalue weighted by Gasteiger charge is 2.28. The van der Waals surface area contributed by atoms with Gasteiger partial charge in [-0.3, -0.25) is 11.3 Å². The number of hydrogen-bond acceptors (Lipinski definition) is 5. The lowest BCUT2D eigenvalue weighted by molar-refractivity contribution is 0.239. The molecule has 1 aliphatic heterocycles. The molecule has 1 aliphatic rings. The Bertz CT molecular complexity index is 572. The van der Waals surface area contributed by atoms with E-state index in [4.69, 9.17) is 5.84 Å². The quantitative estimate of drug-likeness (QED) is 0.523. The molecule has 1 saturated heterocycles. The van der Waals surface area contributed by atoms with Crippen LogP contribution in [0, 0.1) is 5.92 Å². The van der Waals surface area contributed by atoms with Crippen LogP contribution in [-0.2, 0) is 10.0 Å². The summed E-state index contributed by atoms with van der Waals surface area (Å²) in [4.78, 5) is 1.15. The Morgan fingerprint density at radius 3 is 2.81 bits per heavy atom. The van der Waals surface area contributed by atoms with Gasteiger partial charge in [0.15, 0.2) is 0 Å². The second kappa shape index (κ2) is 7.37. The van der Waals surface area contributed by atoms with Crippen LogP contribution in [0.25, 0.3) is 0 Å². The molecule has 2 unspecified atom stereocenters. The first-order valence-electron chi connectivity index (χ1n) is 6.67. The minimum atomic E-state index is -3.10. The number of sulfonamides is 1. The van der Waals surface area contributed by atoms with Gasteiger partial charge in [0.25, 0.3) is 0 Å². The van der Waals surface area contributed by atoms with Gasteiger partial charge in [-0.2, -0.15) is 0 Å². The summed E-state index contributed by atoms with van der Waals surface area (Å²) >= 11 is 8.61. The van der Waals surface area contributed by atoms with Crippen molar-refractivity contribution in [3.63, 3.8) is 0 Å². The van der Waals surface area contributed by atoms with Crippen molar-refractivity contribution in [1.29, 1.82) is 0 Å². The average Bonchev–Trinajstić information content (AvgIpc) is 2.75. The topological polar surface area (TPSA) is 75.4 Å². The number of nitrogens with zero attached hydrogens (tertiary/aromatic N) is 1. The fraction of sp³-hybridized carbons (Fsp3) is 0.667. The molecule has 0 spiro atoms. The highest BCUT2D eigenvalue weighted by molar-refractivity contribution is 9.13. The molecule has 0 radical (unpaired) electrons. The third-order valence-corrected chi connectivity index (χ3v) is 8.37. The van der Waals surface area contributed by atoms with E-state index in [9.17, 15) is 8.42 Å². The van der Waals surface area contributed by atoms with Gasteiger partial charge < -0.3 is 0 Å². The predicted molar refractivity (Wildman–Crippen MR) is 93.5 cm³/mol. The van der Waals surface area contributed by atoms with Crippen LogP contribution in [0.1, 0.15) is 30.2 Å². The Hall–Kier alpha value is 0.490. The smallest absolute Gasteiger partial charge is 0.211 e. The molecule has 120 valence electrons. The third-order valence-electron chi connectivity index (χ3n) is 3.73. The fourth-order valence-corrected chi connectivity index (χ4v) is 5.76. The molecule has 2 atom stereocenters. The van der Waals surface area contributed by atoms with Gasteiger partial charge in [0.1, 0.15) is 0 Å². The molecule has 0 saturated carbocycles. The fourth-order valence-electron chi connectivity index (χ4n) is 2.66. The van der Waals surface area contributed by atoms with Gasteiger partial charge in [-0.25, -0.2) is 12.7 Å². The van der Waals surface area contributed by atoms with Crippen LogP contribution >= 0.6 is 43.2 Å². The van der Waals surface area contributed by atoms with E-state index >= 15 is 0 Å². The van der Waals surface area contributed by atoms with Crippen molar-refractivity contribution in [2.45, 2.75) is 25.3 Å². The molecule has 2 heterocycles. The van der Waals surface area contributed by atoms with Crippen molar-refractivity contribution in [2.75, 3.05) is 19.3 Å². The lowest BCUT2D eigenvalue weighted by Gasteiger charge is -2.32. The second-order valence-electron chi connectivity index (χ2n) is 5.35. The zero-order chi connectivity index (χ0) is 15.6. The van der Waals surface area contributed by atoms with Gasteiger partial charge in [0.2, 0.25) is 10.0 Å². The molecule has 1 fully saturated rings. The molecule has 5 nitrogen and oxygen atoms in total. The number of nitrogens with two attached hydrogens (primary N) is 1. The maximum atomic E-state index is 11.7. The van der Waals surface area contributed by atoms with E-state index < -0.39 is 10.0 Å². The number of nitrogens with one attached hydrogen (secondary N) is 1. The number of hydrazine groups is 1. The Labute approximate surface area is 146 Å². The number of piperidine rings is 1. The molecule has 2 rings (SSSR count). The van der Waals surface area contributed by atoms with Crippen LogP contribution in [0.15, 0.2) is 14.3 Å². The van der Waals surface area contributed by atoms with Gasteiger partial charge in [-0.1, -0.05) is 0 Å². The monoisotopic (exact) mass is 459 g/mol. The van der Waals surface area contributed by atoms with Gasteiger partial charge in [-0.15, -0.1) is 11.3 Å². The maximum absolute atomic E-state index is 11.7. The molecule has 0 aliphatic carbocycles. The van der Waals surface area contributed by atoms with Crippen LogP contribution in [0.2, 0.25) is 0 Å². The lowest BCUT2D eigenvalue weighted by Crippen LogP contribution is -2.40. The van der Waals surface area contributed by atoms with E-state index in [1.54, 1.807) is 15.6 Å². The van der Waals surface area contributed by atoms with Crippen molar-refractivity contribution >= 4 is 53.2 Å². The first kappa shape index (κ1) is 17.8. The highest BCUT2D eigenvalue weighted by atomic mass is 79.9. The second-order valence-corrected chi connectivity index (χ2v) is 10.6. The molecule has 0 amide bonds. The summed E-state index contributed by atoms with van der Waals surface area (Å²) in [5.41, 5.74) is 2.86. The summed E-state index contributed by atoms with van der Waals surface area (Å²) in [6.07, 6.45) is 4.06. The van der Waals surface area contributed by atoms with Crippen LogP contribution < -0.4 is 11.3 Å². The molecule has 0 bridgehead atoms. The van der Waals surface area contributed by atoms with Crippen molar-refractivity contribution in [3.8, 4) is 0 Å². The first-order valence-corrected chi connectivity index (χ1v) is 10.9. The van der Waals surface area contributed by atoms with Crippen molar-refractivity contribution in [3.05, 3.63) is 19.2 Å². The Kier molecular flexibility index (Phi) is 6.26. The van der Waals surface area contributed by atoms with E-state index in [-0.39, 0.29) is 6.04 Å². The summed E-state index contributed by atoms with van der Waals surface area (Å²) < 4.78 is 27.0. The molecule has 3 N–H and O–H groups in total. The van der Waals surface area contributed by atoms with Gasteiger partial charge in [-0.05, 0) is 63.1 Å². The van der Waals surface area contributed by atoms with E-state index in [0.29, 0.717) is 19.0 Å². The normalized spacial score (nSPS) is 22.4. The summed E-state index contributed by atoms with van der Waals surface area (Å²) in [6.45, 7) is 1.22. The lowest BCUT2D eigenvalue weighted by atomic mass is 9.92. The molecule has 21 heavy (non-hydrogen) atoms. The molecular weight excluding hydrogens is 442 g/mol. The highest BCUT2D eigenvalue weighted by Crippen LogP contribution is 2.38. The van der Waals surface area contributed by atoms with Crippen LogP contribution in [0.3, 0.4) is 0 Å². The van der Waals surface area contributed by atoms with Crippen molar-refractivity contribution in [2.24, 2.45) is 11.8 Å². The molecule has 1 aromatic rings. The predicted octanol–water partition coefficient (Wildman–Crippen LogP) is 2.84. The minimum absolute atomic E-state index is 0.0436. The van der Waals surface area contributed by atoms with Gasteiger partial charge >= 0.3 is 0 Å². The van der Waals surface area contributed by atoms with Crippen molar-refractivity contribution in [1.82, 2.24) is 9.73 Å². The zero-order valence-corrected chi connectivity index (χ0v) is 16.5. The van der Waals surface area contributed by atoms with Crippen LogP contribution in [-0.4, -0.2) is 32.1 Å². The van der Waals surface area contributed by atoms with Gasteiger partial charge in [0, 0.05) is 22.4 Å². The standard InChI is InChI=1S/C12H19Br2N3O2S2/c1-21(18,19)17-4-2-3-8(7-17)5-10(16-15)11-6-9(13)12(14)20-11/h6,8,10,16H,2-5,7,15H2,1H3. The SMILES string of the molecule is CS(=O)(=O)N1CCCC(CC(NN)c2cc(Br)c(Br)s2)C1. The summed E-state index contributed by atoms with van der Waals surface area (Å²) in [6, 6.07) is 2.10. The number of thiophene rings is 1. The first-order chi connectivity index (χ1) is 9.81. The Morgan fingerprint density at radius 2 is 2.29 bits per heavy atom. The number of halogens is 2. The summed E-state index contributed by atoms with van der Waals surface area (Å²) in [5, 5.41) is 0. The number of rotatable bonds is 5. The maximum Gasteiger partial charge on any atom is 0.211 e. The van der Waals surface area contributed by atoms with E-state index in [2.05, 4.69) is 43.4 Å². The van der Waals surface area contributed by atoms with Crippen LogP contribution in [0.4, 0.5) is 0 Å². The number of hydrogen-bond donors (Lipinski definition) is 2. The minimum Gasteiger partial charge on any atom is -0.271 e. The molecular formula is C12H19Br2N3O2S2. The largest absolute Gasteiger partial charge is 0.271 e. The Balaban J connectivity index is 2.04. The van der Waals surface area contributed by atoms with Crippen molar-refractivity contribution < 1.29 is 8.42 Å². The molecule has 9 heteroatoms. The summed E-state index contributed by atoms with van der Waals surface area (Å²) in [5.74, 6) is 6.02. The Morgan fingerprint density at radius 1 is 1.57 bits per heavy atom. The third kappa shape index (κ3) is 4.73. The van der Waals surface area contributed by atoms with Crippen LogP contribution in [0.5, 0.6) is 0 Å². The van der Waals surface area contributed by atoms with E-state index in [1.807, 2.05) is 0 Å². The molecule has 1 aromatic heterocycles. The van der Waals surface area contributed by atoms with Gasteiger partial charge in [0.05, 0.1) is 16.1 Å².